The van der Waals surface area contributed by atoms with Crippen LogP contribution in [0.15, 0.2) is 28.7 Å². The van der Waals surface area contributed by atoms with Crippen molar-refractivity contribution >= 4 is 15.9 Å². The third-order valence-corrected chi connectivity index (χ3v) is 4.50. The highest BCUT2D eigenvalue weighted by molar-refractivity contribution is 9.10. The Hall–Kier alpha value is -0.340. The van der Waals surface area contributed by atoms with Crippen LogP contribution in [0, 0.1) is 0 Å². The van der Waals surface area contributed by atoms with Crippen LogP contribution >= 0.6 is 15.9 Å². The van der Waals surface area contributed by atoms with Gasteiger partial charge in [-0.2, -0.15) is 0 Å². The fraction of sp³-hybridized carbons (Fsp3) is 0.667. The third kappa shape index (κ3) is 7.44. The molecule has 0 aromatic heterocycles. The molecule has 1 unspecified atom stereocenters. The number of hydrogen-bond donors (Lipinski definition) is 1. The van der Waals surface area contributed by atoms with E-state index >= 15 is 0 Å². The first-order chi connectivity index (χ1) is 9.77. The summed E-state index contributed by atoms with van der Waals surface area (Å²) in [4.78, 5) is 0. The average molecular weight is 340 g/mol. The predicted octanol–water partition coefficient (Wildman–Crippen LogP) is 6.02. The number of hydrogen-bond acceptors (Lipinski definition) is 1. The van der Waals surface area contributed by atoms with E-state index < -0.39 is 0 Å². The first kappa shape index (κ1) is 17.7. The summed E-state index contributed by atoms with van der Waals surface area (Å²) < 4.78 is 1.16. The van der Waals surface area contributed by atoms with Gasteiger partial charge in [-0.1, -0.05) is 86.4 Å². The van der Waals surface area contributed by atoms with Gasteiger partial charge in [0, 0.05) is 4.47 Å². The minimum Gasteiger partial charge on any atom is -0.330 e. The summed E-state index contributed by atoms with van der Waals surface area (Å²) in [6, 6.07) is 8.60. The molecule has 114 valence electrons. The van der Waals surface area contributed by atoms with Crippen molar-refractivity contribution < 1.29 is 0 Å². The zero-order valence-electron chi connectivity index (χ0n) is 12.9. The Morgan fingerprint density at radius 1 is 1.00 bits per heavy atom. The molecule has 0 aliphatic heterocycles. The second-order valence-electron chi connectivity index (χ2n) is 5.75. The molecule has 1 aromatic rings. The van der Waals surface area contributed by atoms with E-state index in [1.165, 1.54) is 63.4 Å². The average Bonchev–Trinajstić information content (AvgIpc) is 2.46. The summed E-state index contributed by atoms with van der Waals surface area (Å²) in [6.07, 6.45) is 12.3. The van der Waals surface area contributed by atoms with Crippen LogP contribution in [0.25, 0.3) is 0 Å². The number of benzene rings is 1. The fourth-order valence-electron chi connectivity index (χ4n) is 2.71. The Morgan fingerprint density at radius 3 is 2.25 bits per heavy atom. The maximum absolute atomic E-state index is 5.94. The molecular weight excluding hydrogens is 310 g/mol. The molecular formula is C18H30BrN. The van der Waals surface area contributed by atoms with Crippen LogP contribution in [0.3, 0.4) is 0 Å². The highest BCUT2D eigenvalue weighted by Gasteiger charge is 2.09. The van der Waals surface area contributed by atoms with E-state index in [0.29, 0.717) is 5.92 Å². The number of unbranched alkanes of at least 4 members (excludes halogenated alkanes) is 7. The normalized spacial score (nSPS) is 12.6. The fourth-order valence-corrected chi connectivity index (χ4v) is 3.12. The van der Waals surface area contributed by atoms with Crippen molar-refractivity contribution in [1.82, 2.24) is 0 Å². The summed E-state index contributed by atoms with van der Waals surface area (Å²) in [5, 5.41) is 0. The first-order valence-electron chi connectivity index (χ1n) is 8.23. The van der Waals surface area contributed by atoms with Crippen LogP contribution in [-0.2, 0) is 0 Å². The van der Waals surface area contributed by atoms with Gasteiger partial charge in [-0.3, -0.25) is 0 Å². The maximum atomic E-state index is 5.94. The van der Waals surface area contributed by atoms with Crippen LogP contribution in [0.4, 0.5) is 0 Å². The smallest absolute Gasteiger partial charge is 0.0178 e. The van der Waals surface area contributed by atoms with Gasteiger partial charge in [0.1, 0.15) is 0 Å². The highest BCUT2D eigenvalue weighted by atomic mass is 79.9. The van der Waals surface area contributed by atoms with Crippen molar-refractivity contribution in [2.75, 3.05) is 6.54 Å². The van der Waals surface area contributed by atoms with Crippen LogP contribution in [0.5, 0.6) is 0 Å². The molecule has 0 heterocycles. The summed E-state index contributed by atoms with van der Waals surface area (Å²) in [6.45, 7) is 3.03. The van der Waals surface area contributed by atoms with Crippen LogP contribution < -0.4 is 5.73 Å². The van der Waals surface area contributed by atoms with Gasteiger partial charge in [-0.25, -0.2) is 0 Å². The molecule has 1 aromatic carbocycles. The predicted molar refractivity (Wildman–Crippen MR) is 93.2 cm³/mol. The van der Waals surface area contributed by atoms with E-state index in [1.807, 2.05) is 0 Å². The minimum absolute atomic E-state index is 0.521. The molecule has 0 saturated heterocycles. The molecule has 1 nitrogen and oxygen atoms in total. The summed E-state index contributed by atoms with van der Waals surface area (Å²) >= 11 is 3.54. The zero-order chi connectivity index (χ0) is 14.6. The molecule has 0 saturated carbocycles. The van der Waals surface area contributed by atoms with Crippen LogP contribution in [0.2, 0.25) is 0 Å². The molecule has 20 heavy (non-hydrogen) atoms. The van der Waals surface area contributed by atoms with E-state index in [0.717, 1.165) is 11.0 Å². The van der Waals surface area contributed by atoms with E-state index in [2.05, 4.69) is 47.1 Å². The molecule has 1 rings (SSSR count). The van der Waals surface area contributed by atoms with Gasteiger partial charge in [-0.05, 0) is 36.6 Å². The van der Waals surface area contributed by atoms with Gasteiger partial charge in [0.25, 0.3) is 0 Å². The van der Waals surface area contributed by atoms with Crippen molar-refractivity contribution in [2.45, 2.75) is 70.6 Å². The molecule has 1 atom stereocenters. The summed E-state index contributed by atoms with van der Waals surface area (Å²) in [5.74, 6) is 0.521. The lowest BCUT2D eigenvalue weighted by molar-refractivity contribution is 0.532. The Bertz CT molecular complexity index is 351. The molecule has 0 aliphatic rings. The maximum Gasteiger partial charge on any atom is 0.0178 e. The third-order valence-electron chi connectivity index (χ3n) is 4.01. The Morgan fingerprint density at radius 2 is 1.65 bits per heavy atom. The molecule has 0 fully saturated rings. The number of nitrogens with two attached hydrogens (primary N) is 1. The Balaban J connectivity index is 2.16. The number of halogens is 1. The molecule has 0 radical (unpaired) electrons. The molecule has 2 N–H and O–H groups in total. The largest absolute Gasteiger partial charge is 0.330 e. The van der Waals surface area contributed by atoms with Gasteiger partial charge in [0.15, 0.2) is 0 Å². The molecule has 0 bridgehead atoms. The van der Waals surface area contributed by atoms with Crippen molar-refractivity contribution in [2.24, 2.45) is 5.73 Å². The van der Waals surface area contributed by atoms with Gasteiger partial charge in [0.2, 0.25) is 0 Å². The van der Waals surface area contributed by atoms with Gasteiger partial charge < -0.3 is 5.73 Å². The summed E-state index contributed by atoms with van der Waals surface area (Å²) in [5.41, 5.74) is 7.31. The Labute approximate surface area is 133 Å². The van der Waals surface area contributed by atoms with E-state index in [-0.39, 0.29) is 0 Å². The van der Waals surface area contributed by atoms with Crippen LogP contribution in [-0.4, -0.2) is 6.54 Å². The monoisotopic (exact) mass is 339 g/mol. The van der Waals surface area contributed by atoms with Gasteiger partial charge >= 0.3 is 0 Å². The minimum atomic E-state index is 0.521. The van der Waals surface area contributed by atoms with Crippen molar-refractivity contribution in [3.8, 4) is 0 Å². The first-order valence-corrected chi connectivity index (χ1v) is 9.02. The number of rotatable bonds is 11. The molecule has 0 amide bonds. The lowest BCUT2D eigenvalue weighted by atomic mass is 9.93. The van der Waals surface area contributed by atoms with Crippen molar-refractivity contribution in [1.29, 1.82) is 0 Å². The van der Waals surface area contributed by atoms with Gasteiger partial charge in [-0.15, -0.1) is 0 Å². The SMILES string of the molecule is CCCCCCCCCCC(CN)c1cccc(Br)c1. The quantitative estimate of drug-likeness (QED) is 0.490. The van der Waals surface area contributed by atoms with E-state index in [4.69, 9.17) is 5.73 Å². The lowest BCUT2D eigenvalue weighted by Gasteiger charge is -2.15. The molecule has 0 spiro atoms. The second kappa shape index (κ2) is 11.3. The summed E-state index contributed by atoms with van der Waals surface area (Å²) in [7, 11) is 0. The van der Waals surface area contributed by atoms with E-state index in [9.17, 15) is 0 Å². The molecule has 2 heteroatoms. The van der Waals surface area contributed by atoms with Crippen LogP contribution in [0.1, 0.15) is 76.2 Å². The van der Waals surface area contributed by atoms with Crippen molar-refractivity contribution in [3.63, 3.8) is 0 Å². The zero-order valence-corrected chi connectivity index (χ0v) is 14.5. The standard InChI is InChI=1S/C18H30BrN/c1-2-3-4-5-6-7-8-9-11-17(15-20)16-12-10-13-18(19)14-16/h10,12-14,17H,2-9,11,15,20H2,1H3. The molecule has 0 aliphatic carbocycles. The second-order valence-corrected chi connectivity index (χ2v) is 6.67. The van der Waals surface area contributed by atoms with Gasteiger partial charge in [0.05, 0.1) is 0 Å². The van der Waals surface area contributed by atoms with E-state index in [1.54, 1.807) is 0 Å². The lowest BCUT2D eigenvalue weighted by Crippen LogP contribution is -2.12. The Kier molecular flexibility index (Phi) is 10.0. The topological polar surface area (TPSA) is 26.0 Å². The highest BCUT2D eigenvalue weighted by Crippen LogP contribution is 2.24. The van der Waals surface area contributed by atoms with Crippen molar-refractivity contribution in [3.05, 3.63) is 34.3 Å².